The summed E-state index contributed by atoms with van der Waals surface area (Å²) in [5, 5.41) is 7.53. The van der Waals surface area contributed by atoms with E-state index in [1.807, 2.05) is 23.1 Å². The lowest BCUT2D eigenvalue weighted by atomic mass is 9.97. The minimum atomic E-state index is 0.365. The average molecular weight is 181 g/mol. The van der Waals surface area contributed by atoms with Crippen molar-refractivity contribution in [3.05, 3.63) is 18.5 Å². The van der Waals surface area contributed by atoms with Crippen LogP contribution in [0, 0.1) is 5.41 Å². The number of aromatic nitrogens is 2. The number of nitrogens with zero attached hydrogens (tertiary/aromatic N) is 2. The van der Waals surface area contributed by atoms with Crippen LogP contribution >= 0.6 is 0 Å². The van der Waals surface area contributed by atoms with Crippen molar-refractivity contribution < 1.29 is 0 Å². The molecule has 0 aliphatic heterocycles. The third kappa shape index (κ3) is 4.68. The van der Waals surface area contributed by atoms with E-state index in [-0.39, 0.29) is 0 Å². The van der Waals surface area contributed by atoms with Crippen LogP contribution in [0.2, 0.25) is 0 Å². The van der Waals surface area contributed by atoms with E-state index < -0.39 is 0 Å². The molecule has 1 rings (SSSR count). The number of nitrogens with one attached hydrogen (secondary N) is 1. The Bertz CT molecular complexity index is 221. The van der Waals surface area contributed by atoms with E-state index in [1.54, 1.807) is 0 Å². The van der Waals surface area contributed by atoms with Crippen molar-refractivity contribution in [1.82, 2.24) is 15.1 Å². The maximum Gasteiger partial charge on any atom is 0.0533 e. The van der Waals surface area contributed by atoms with Crippen LogP contribution < -0.4 is 5.32 Å². The molecule has 3 heteroatoms. The van der Waals surface area contributed by atoms with E-state index >= 15 is 0 Å². The molecule has 0 aliphatic rings. The Morgan fingerprint density at radius 2 is 2.15 bits per heavy atom. The van der Waals surface area contributed by atoms with Crippen molar-refractivity contribution >= 4 is 0 Å². The van der Waals surface area contributed by atoms with Crippen molar-refractivity contribution in [3.8, 4) is 0 Å². The Labute approximate surface area is 80.1 Å². The molecule has 0 bridgehead atoms. The van der Waals surface area contributed by atoms with Crippen LogP contribution in [0.15, 0.2) is 18.5 Å². The SMILES string of the molecule is CC(C)(C)CNCCn1cccn1. The molecule has 1 heterocycles. The summed E-state index contributed by atoms with van der Waals surface area (Å²) in [7, 11) is 0. The molecule has 0 spiro atoms. The number of hydrogen-bond donors (Lipinski definition) is 1. The lowest BCUT2D eigenvalue weighted by Gasteiger charge is -2.18. The van der Waals surface area contributed by atoms with Gasteiger partial charge in [0.1, 0.15) is 0 Å². The molecule has 3 nitrogen and oxygen atoms in total. The van der Waals surface area contributed by atoms with E-state index in [9.17, 15) is 0 Å². The summed E-state index contributed by atoms with van der Waals surface area (Å²) >= 11 is 0. The number of hydrogen-bond acceptors (Lipinski definition) is 2. The second kappa shape index (κ2) is 4.42. The van der Waals surface area contributed by atoms with Crippen LogP contribution in [-0.4, -0.2) is 22.9 Å². The van der Waals surface area contributed by atoms with Crippen LogP contribution in [-0.2, 0) is 6.54 Å². The van der Waals surface area contributed by atoms with Crippen molar-refractivity contribution in [2.24, 2.45) is 5.41 Å². The highest BCUT2D eigenvalue weighted by atomic mass is 15.3. The molecule has 0 aromatic carbocycles. The van der Waals surface area contributed by atoms with Gasteiger partial charge in [-0.05, 0) is 11.5 Å². The molecule has 0 amide bonds. The van der Waals surface area contributed by atoms with Gasteiger partial charge in [0.25, 0.3) is 0 Å². The second-order valence-corrected chi connectivity index (χ2v) is 4.51. The second-order valence-electron chi connectivity index (χ2n) is 4.51. The maximum atomic E-state index is 4.13. The highest BCUT2D eigenvalue weighted by molar-refractivity contribution is 4.77. The first-order valence-corrected chi connectivity index (χ1v) is 4.76. The van der Waals surface area contributed by atoms with Gasteiger partial charge in [0.2, 0.25) is 0 Å². The molecular formula is C10H19N3. The Hall–Kier alpha value is -0.830. The summed E-state index contributed by atoms with van der Waals surface area (Å²) in [6.45, 7) is 9.67. The third-order valence-electron chi connectivity index (χ3n) is 1.73. The summed E-state index contributed by atoms with van der Waals surface area (Å²) in [6, 6.07) is 1.95. The molecule has 0 aliphatic carbocycles. The standard InChI is InChI=1S/C10H19N3/c1-10(2,3)9-11-6-8-13-7-4-5-12-13/h4-5,7,11H,6,8-9H2,1-3H3. The molecule has 74 valence electrons. The van der Waals surface area contributed by atoms with E-state index in [0.29, 0.717) is 5.41 Å². The molecule has 13 heavy (non-hydrogen) atoms. The maximum absolute atomic E-state index is 4.13. The first-order valence-electron chi connectivity index (χ1n) is 4.76. The molecule has 1 N–H and O–H groups in total. The quantitative estimate of drug-likeness (QED) is 0.714. The van der Waals surface area contributed by atoms with Crippen LogP contribution in [0.4, 0.5) is 0 Å². The zero-order chi connectivity index (χ0) is 9.73. The molecule has 1 aromatic heterocycles. The Morgan fingerprint density at radius 1 is 1.38 bits per heavy atom. The van der Waals surface area contributed by atoms with Gasteiger partial charge in [-0.1, -0.05) is 20.8 Å². The van der Waals surface area contributed by atoms with Crippen molar-refractivity contribution in [3.63, 3.8) is 0 Å². The van der Waals surface area contributed by atoms with Gasteiger partial charge in [-0.15, -0.1) is 0 Å². The normalized spacial score (nSPS) is 11.9. The zero-order valence-corrected chi connectivity index (χ0v) is 8.75. The predicted octanol–water partition coefficient (Wildman–Crippen LogP) is 1.52. The predicted molar refractivity (Wildman–Crippen MR) is 54.6 cm³/mol. The van der Waals surface area contributed by atoms with Crippen LogP contribution in [0.3, 0.4) is 0 Å². The molecule has 1 aromatic rings. The summed E-state index contributed by atoms with van der Waals surface area (Å²) < 4.78 is 1.94. The summed E-state index contributed by atoms with van der Waals surface area (Å²) in [4.78, 5) is 0. The van der Waals surface area contributed by atoms with E-state index in [4.69, 9.17) is 0 Å². The minimum Gasteiger partial charge on any atom is -0.314 e. The molecule has 0 radical (unpaired) electrons. The molecule has 0 atom stereocenters. The van der Waals surface area contributed by atoms with Crippen molar-refractivity contribution in [1.29, 1.82) is 0 Å². The largest absolute Gasteiger partial charge is 0.314 e. The lowest BCUT2D eigenvalue weighted by Crippen LogP contribution is -2.29. The van der Waals surface area contributed by atoms with Gasteiger partial charge in [-0.25, -0.2) is 0 Å². The average Bonchev–Trinajstić information content (AvgIpc) is 2.48. The molecule has 0 fully saturated rings. The number of rotatable bonds is 4. The fraction of sp³-hybridized carbons (Fsp3) is 0.700. The van der Waals surface area contributed by atoms with Crippen LogP contribution in [0.1, 0.15) is 20.8 Å². The minimum absolute atomic E-state index is 0.365. The van der Waals surface area contributed by atoms with Gasteiger partial charge < -0.3 is 5.32 Å². The third-order valence-corrected chi connectivity index (χ3v) is 1.73. The van der Waals surface area contributed by atoms with Crippen molar-refractivity contribution in [2.45, 2.75) is 27.3 Å². The van der Waals surface area contributed by atoms with E-state index in [1.165, 1.54) is 0 Å². The first-order chi connectivity index (χ1) is 6.08. The lowest BCUT2D eigenvalue weighted by molar-refractivity contribution is 0.373. The van der Waals surface area contributed by atoms with E-state index in [0.717, 1.165) is 19.6 Å². The van der Waals surface area contributed by atoms with Crippen molar-refractivity contribution in [2.75, 3.05) is 13.1 Å². The van der Waals surface area contributed by atoms with Gasteiger partial charge in [0.05, 0.1) is 6.54 Å². The smallest absolute Gasteiger partial charge is 0.0533 e. The first kappa shape index (κ1) is 10.3. The Morgan fingerprint density at radius 3 is 2.69 bits per heavy atom. The molecular weight excluding hydrogens is 162 g/mol. The highest BCUT2D eigenvalue weighted by Crippen LogP contribution is 2.09. The van der Waals surface area contributed by atoms with Gasteiger partial charge >= 0.3 is 0 Å². The summed E-state index contributed by atoms with van der Waals surface area (Å²) in [5.74, 6) is 0. The van der Waals surface area contributed by atoms with Gasteiger partial charge in [0, 0.05) is 25.5 Å². The zero-order valence-electron chi connectivity index (χ0n) is 8.75. The van der Waals surface area contributed by atoms with Gasteiger partial charge in [-0.2, -0.15) is 5.10 Å². The molecule has 0 saturated heterocycles. The monoisotopic (exact) mass is 181 g/mol. The Kier molecular flexibility index (Phi) is 3.48. The molecule has 0 saturated carbocycles. The van der Waals surface area contributed by atoms with E-state index in [2.05, 4.69) is 31.2 Å². The summed E-state index contributed by atoms with van der Waals surface area (Å²) in [6.07, 6.45) is 3.79. The Balaban J connectivity index is 2.09. The molecule has 0 unspecified atom stereocenters. The fourth-order valence-corrected chi connectivity index (χ4v) is 1.09. The van der Waals surface area contributed by atoms with Crippen LogP contribution in [0.5, 0.6) is 0 Å². The highest BCUT2D eigenvalue weighted by Gasteiger charge is 2.08. The van der Waals surface area contributed by atoms with Gasteiger partial charge in [0.15, 0.2) is 0 Å². The van der Waals surface area contributed by atoms with Gasteiger partial charge in [-0.3, -0.25) is 4.68 Å². The summed E-state index contributed by atoms with van der Waals surface area (Å²) in [5.41, 5.74) is 0.365. The fourth-order valence-electron chi connectivity index (χ4n) is 1.09. The van der Waals surface area contributed by atoms with Crippen LogP contribution in [0.25, 0.3) is 0 Å². The topological polar surface area (TPSA) is 29.9 Å².